The van der Waals surface area contributed by atoms with Crippen molar-refractivity contribution in [1.82, 2.24) is 9.97 Å². The molecular weight excluding hydrogens is 320 g/mol. The van der Waals surface area contributed by atoms with Crippen LogP contribution in [0.3, 0.4) is 0 Å². The van der Waals surface area contributed by atoms with Crippen LogP contribution in [-0.2, 0) is 6.42 Å². The predicted molar refractivity (Wildman–Crippen MR) is 68.4 cm³/mol. The van der Waals surface area contributed by atoms with Crippen molar-refractivity contribution in [2.75, 3.05) is 5.73 Å². The summed E-state index contributed by atoms with van der Waals surface area (Å²) in [6, 6.07) is 6.27. The molecule has 1 aromatic carbocycles. The molecule has 0 spiro atoms. The molecule has 2 rings (SSSR count). The van der Waals surface area contributed by atoms with E-state index in [1.54, 1.807) is 18.3 Å². The molecule has 0 saturated carbocycles. The summed E-state index contributed by atoms with van der Waals surface area (Å²) >= 11 is 2.08. The zero-order valence-electron chi connectivity index (χ0n) is 8.32. The molecule has 0 fully saturated rings. The fourth-order valence-corrected chi connectivity index (χ4v) is 1.55. The third-order valence-electron chi connectivity index (χ3n) is 2.10. The highest BCUT2D eigenvalue weighted by atomic mass is 127. The first-order valence-electron chi connectivity index (χ1n) is 4.66. The quantitative estimate of drug-likeness (QED) is 0.861. The van der Waals surface area contributed by atoms with Gasteiger partial charge in [0.25, 0.3) is 0 Å². The smallest absolute Gasteiger partial charge is 0.140 e. The monoisotopic (exact) mass is 329 g/mol. The molecule has 0 atom stereocenters. The minimum Gasteiger partial charge on any atom is -0.383 e. The Labute approximate surface area is 106 Å². The van der Waals surface area contributed by atoms with Gasteiger partial charge in [-0.3, -0.25) is 0 Å². The molecular formula is C11H9FIN3. The second-order valence-electron chi connectivity index (χ2n) is 3.32. The van der Waals surface area contributed by atoms with E-state index in [0.717, 1.165) is 9.13 Å². The van der Waals surface area contributed by atoms with Gasteiger partial charge in [0.1, 0.15) is 17.5 Å². The van der Waals surface area contributed by atoms with E-state index in [2.05, 4.69) is 32.6 Å². The Morgan fingerprint density at radius 2 is 1.94 bits per heavy atom. The predicted octanol–water partition coefficient (Wildman–Crippen LogP) is 2.39. The minimum atomic E-state index is -0.244. The van der Waals surface area contributed by atoms with Gasteiger partial charge in [-0.25, -0.2) is 14.4 Å². The van der Waals surface area contributed by atoms with Crippen molar-refractivity contribution in [3.05, 3.63) is 51.2 Å². The van der Waals surface area contributed by atoms with Crippen molar-refractivity contribution in [1.29, 1.82) is 0 Å². The van der Waals surface area contributed by atoms with Crippen LogP contribution in [-0.4, -0.2) is 9.97 Å². The number of aromatic nitrogens is 2. The zero-order valence-corrected chi connectivity index (χ0v) is 10.5. The molecule has 2 N–H and O–H groups in total. The van der Waals surface area contributed by atoms with E-state index < -0.39 is 0 Å². The number of hydrogen-bond acceptors (Lipinski definition) is 3. The van der Waals surface area contributed by atoms with Gasteiger partial charge in [-0.2, -0.15) is 0 Å². The highest BCUT2D eigenvalue weighted by Crippen LogP contribution is 2.12. The summed E-state index contributed by atoms with van der Waals surface area (Å²) in [7, 11) is 0. The van der Waals surface area contributed by atoms with Gasteiger partial charge in [-0.1, -0.05) is 12.1 Å². The van der Waals surface area contributed by atoms with Crippen molar-refractivity contribution in [2.45, 2.75) is 6.42 Å². The number of nitrogen functional groups attached to an aromatic ring is 1. The van der Waals surface area contributed by atoms with Gasteiger partial charge in [0.15, 0.2) is 0 Å². The van der Waals surface area contributed by atoms with Crippen LogP contribution in [0.5, 0.6) is 0 Å². The molecule has 0 saturated heterocycles. The van der Waals surface area contributed by atoms with Crippen molar-refractivity contribution >= 4 is 28.4 Å². The third kappa shape index (κ3) is 2.66. The summed E-state index contributed by atoms with van der Waals surface area (Å²) in [5.41, 5.74) is 6.64. The lowest BCUT2D eigenvalue weighted by Gasteiger charge is -2.02. The highest BCUT2D eigenvalue weighted by Gasteiger charge is 2.03. The van der Waals surface area contributed by atoms with Gasteiger partial charge < -0.3 is 5.73 Å². The zero-order chi connectivity index (χ0) is 11.5. The van der Waals surface area contributed by atoms with Crippen LogP contribution in [0.1, 0.15) is 11.4 Å². The van der Waals surface area contributed by atoms with Crippen molar-refractivity contribution in [3.63, 3.8) is 0 Å². The molecule has 0 bridgehead atoms. The topological polar surface area (TPSA) is 51.8 Å². The van der Waals surface area contributed by atoms with Crippen LogP contribution in [0.15, 0.2) is 30.5 Å². The number of rotatable bonds is 2. The van der Waals surface area contributed by atoms with E-state index in [1.165, 1.54) is 12.1 Å². The molecule has 1 aromatic heterocycles. The van der Waals surface area contributed by atoms with E-state index in [4.69, 9.17) is 5.73 Å². The molecule has 2 aromatic rings. The Kier molecular flexibility index (Phi) is 3.33. The van der Waals surface area contributed by atoms with Gasteiger partial charge in [0.05, 0.1) is 3.57 Å². The molecule has 3 nitrogen and oxygen atoms in total. The molecule has 0 amide bonds. The fourth-order valence-electron chi connectivity index (χ4n) is 1.29. The van der Waals surface area contributed by atoms with Crippen molar-refractivity contribution in [2.24, 2.45) is 0 Å². The molecule has 82 valence electrons. The lowest BCUT2D eigenvalue weighted by Crippen LogP contribution is -2.02. The standard InChI is InChI=1S/C11H9FIN3/c12-8-3-1-7(2-4-8)5-10-15-6-9(13)11(14)16-10/h1-4,6H,5H2,(H2,14,15,16). The van der Waals surface area contributed by atoms with Crippen LogP contribution in [0.4, 0.5) is 10.2 Å². The van der Waals surface area contributed by atoms with Gasteiger partial charge in [0, 0.05) is 12.6 Å². The van der Waals surface area contributed by atoms with Gasteiger partial charge in [-0.15, -0.1) is 0 Å². The Morgan fingerprint density at radius 1 is 1.25 bits per heavy atom. The SMILES string of the molecule is Nc1nc(Cc2ccc(F)cc2)ncc1I. The van der Waals surface area contributed by atoms with E-state index in [1.807, 2.05) is 0 Å². The van der Waals surface area contributed by atoms with Crippen LogP contribution >= 0.6 is 22.6 Å². The number of nitrogens with two attached hydrogens (primary N) is 1. The number of hydrogen-bond donors (Lipinski definition) is 1. The summed E-state index contributed by atoms with van der Waals surface area (Å²) in [6.07, 6.45) is 2.24. The molecule has 0 aliphatic heterocycles. The van der Waals surface area contributed by atoms with E-state index in [0.29, 0.717) is 18.1 Å². The van der Waals surface area contributed by atoms with Crippen LogP contribution < -0.4 is 5.73 Å². The normalized spacial score (nSPS) is 10.4. The maximum absolute atomic E-state index is 12.7. The maximum Gasteiger partial charge on any atom is 0.140 e. The number of halogens is 2. The van der Waals surface area contributed by atoms with E-state index >= 15 is 0 Å². The lowest BCUT2D eigenvalue weighted by molar-refractivity contribution is 0.627. The average Bonchev–Trinajstić information content (AvgIpc) is 2.27. The Balaban J connectivity index is 2.20. The molecule has 5 heteroatoms. The summed E-state index contributed by atoms with van der Waals surface area (Å²) in [5, 5.41) is 0. The average molecular weight is 329 g/mol. The molecule has 0 aliphatic rings. The number of nitrogens with zero attached hydrogens (tertiary/aromatic N) is 2. The second-order valence-corrected chi connectivity index (χ2v) is 4.48. The molecule has 0 unspecified atom stereocenters. The largest absolute Gasteiger partial charge is 0.383 e. The fraction of sp³-hybridized carbons (Fsp3) is 0.0909. The molecule has 16 heavy (non-hydrogen) atoms. The lowest BCUT2D eigenvalue weighted by atomic mass is 10.1. The van der Waals surface area contributed by atoms with Gasteiger partial charge in [0.2, 0.25) is 0 Å². The molecule has 1 heterocycles. The minimum absolute atomic E-state index is 0.244. The Hall–Kier alpha value is -1.24. The second kappa shape index (κ2) is 4.73. The number of benzene rings is 1. The van der Waals surface area contributed by atoms with Crippen molar-refractivity contribution < 1.29 is 4.39 Å². The maximum atomic E-state index is 12.7. The third-order valence-corrected chi connectivity index (χ3v) is 2.93. The first-order valence-corrected chi connectivity index (χ1v) is 5.74. The van der Waals surface area contributed by atoms with E-state index in [-0.39, 0.29) is 5.82 Å². The molecule has 0 radical (unpaired) electrons. The Bertz CT molecular complexity index is 499. The van der Waals surface area contributed by atoms with Gasteiger partial charge in [-0.05, 0) is 40.3 Å². The van der Waals surface area contributed by atoms with Crippen LogP contribution in [0, 0.1) is 9.39 Å². The summed E-state index contributed by atoms with van der Waals surface area (Å²) in [6.45, 7) is 0. The van der Waals surface area contributed by atoms with Crippen LogP contribution in [0.25, 0.3) is 0 Å². The summed E-state index contributed by atoms with van der Waals surface area (Å²) in [5.74, 6) is 0.879. The summed E-state index contributed by atoms with van der Waals surface area (Å²) in [4.78, 5) is 8.32. The first kappa shape index (κ1) is 11.3. The number of anilines is 1. The Morgan fingerprint density at radius 3 is 2.56 bits per heavy atom. The van der Waals surface area contributed by atoms with Gasteiger partial charge >= 0.3 is 0 Å². The molecule has 0 aliphatic carbocycles. The first-order chi connectivity index (χ1) is 7.65. The van der Waals surface area contributed by atoms with E-state index in [9.17, 15) is 4.39 Å². The summed E-state index contributed by atoms with van der Waals surface area (Å²) < 4.78 is 13.5. The van der Waals surface area contributed by atoms with Crippen LogP contribution in [0.2, 0.25) is 0 Å². The highest BCUT2D eigenvalue weighted by molar-refractivity contribution is 14.1. The van der Waals surface area contributed by atoms with Crippen molar-refractivity contribution in [3.8, 4) is 0 Å².